The molecule has 0 spiro atoms. The summed E-state index contributed by atoms with van der Waals surface area (Å²) in [4.78, 5) is 13.2. The Morgan fingerprint density at radius 1 is 1.04 bits per heavy atom. The summed E-state index contributed by atoms with van der Waals surface area (Å²) in [5, 5.41) is 12.7. The van der Waals surface area contributed by atoms with Crippen LogP contribution in [0.3, 0.4) is 0 Å². The molecule has 0 aliphatic rings. The zero-order chi connectivity index (χ0) is 19.3. The average molecular weight is 406 g/mol. The zero-order valence-corrected chi connectivity index (χ0v) is 16.1. The Morgan fingerprint density at radius 2 is 1.75 bits per heavy atom. The molecule has 3 heterocycles. The third-order valence-electron chi connectivity index (χ3n) is 4.61. The third kappa shape index (κ3) is 2.55. The molecule has 2 aromatic carbocycles. The number of rotatable bonds is 3. The van der Waals surface area contributed by atoms with Crippen molar-refractivity contribution in [2.24, 2.45) is 0 Å². The molecular formula is C19H14N6OS2. The minimum absolute atomic E-state index is 0.213. The molecule has 9 heteroatoms. The van der Waals surface area contributed by atoms with Gasteiger partial charge in [-0.25, -0.2) is 4.52 Å². The Bertz CT molecular complexity index is 1440. The molecule has 0 bridgehead atoms. The number of aromatic amines is 1. The van der Waals surface area contributed by atoms with Crippen molar-refractivity contribution in [3.8, 4) is 10.7 Å². The Labute approximate surface area is 167 Å². The van der Waals surface area contributed by atoms with Gasteiger partial charge in [0.15, 0.2) is 15.4 Å². The second-order valence-electron chi connectivity index (χ2n) is 6.32. The fourth-order valence-electron chi connectivity index (χ4n) is 3.24. The summed E-state index contributed by atoms with van der Waals surface area (Å²) in [7, 11) is 0. The van der Waals surface area contributed by atoms with Gasteiger partial charge < -0.3 is 10.3 Å². The summed E-state index contributed by atoms with van der Waals surface area (Å²) in [5.74, 6) is 0.973. The van der Waals surface area contributed by atoms with Crippen molar-refractivity contribution in [1.82, 2.24) is 24.4 Å². The van der Waals surface area contributed by atoms with Gasteiger partial charge in [-0.15, -0.1) is 10.2 Å². The van der Waals surface area contributed by atoms with Crippen LogP contribution in [0.1, 0.15) is 5.56 Å². The van der Waals surface area contributed by atoms with Crippen LogP contribution in [0.4, 0.5) is 5.82 Å². The maximum absolute atomic E-state index is 12.5. The van der Waals surface area contributed by atoms with E-state index < -0.39 is 0 Å². The summed E-state index contributed by atoms with van der Waals surface area (Å²) in [6.07, 6.45) is 0. The van der Waals surface area contributed by atoms with Gasteiger partial charge in [-0.2, -0.15) is 0 Å². The van der Waals surface area contributed by atoms with E-state index in [9.17, 15) is 4.79 Å². The van der Waals surface area contributed by atoms with Gasteiger partial charge in [-0.1, -0.05) is 59.9 Å². The standard InChI is InChI=1S/C19H14N6OS2/c20-15-14(28-19(27)24(15)10-11-6-2-1-3-7-11)17-22-21-16-12-8-4-5-9-13(12)18(26)23-25(16)17/h1-9H,10,20H2,(H,23,26). The van der Waals surface area contributed by atoms with Crippen molar-refractivity contribution < 1.29 is 0 Å². The fourth-order valence-corrected chi connectivity index (χ4v) is 4.54. The topological polar surface area (TPSA) is 94.0 Å². The second-order valence-corrected chi connectivity index (χ2v) is 7.97. The highest BCUT2D eigenvalue weighted by molar-refractivity contribution is 7.73. The summed E-state index contributed by atoms with van der Waals surface area (Å²) >= 11 is 6.88. The summed E-state index contributed by atoms with van der Waals surface area (Å²) in [6.45, 7) is 0.568. The van der Waals surface area contributed by atoms with Crippen LogP contribution in [-0.4, -0.2) is 24.4 Å². The Kier molecular flexibility index (Phi) is 3.85. The monoisotopic (exact) mass is 406 g/mol. The fraction of sp³-hybridized carbons (Fsp3) is 0.0526. The number of benzene rings is 2. The van der Waals surface area contributed by atoms with Gasteiger partial charge in [0.25, 0.3) is 5.56 Å². The lowest BCUT2D eigenvalue weighted by Crippen LogP contribution is -2.12. The normalized spacial score (nSPS) is 11.4. The van der Waals surface area contributed by atoms with Crippen LogP contribution in [-0.2, 0) is 6.54 Å². The lowest BCUT2D eigenvalue weighted by molar-refractivity contribution is 0.811. The van der Waals surface area contributed by atoms with Crippen molar-refractivity contribution in [3.05, 3.63) is 74.5 Å². The molecule has 138 valence electrons. The highest BCUT2D eigenvalue weighted by atomic mass is 32.1. The molecule has 3 aromatic heterocycles. The van der Waals surface area contributed by atoms with Crippen molar-refractivity contribution in [1.29, 1.82) is 0 Å². The van der Waals surface area contributed by atoms with Crippen LogP contribution in [0.2, 0.25) is 0 Å². The minimum atomic E-state index is -0.213. The van der Waals surface area contributed by atoms with Crippen molar-refractivity contribution in [2.45, 2.75) is 6.54 Å². The Morgan fingerprint density at radius 3 is 2.54 bits per heavy atom. The van der Waals surface area contributed by atoms with Gasteiger partial charge in [-0.05, 0) is 23.8 Å². The second kappa shape index (κ2) is 6.39. The van der Waals surface area contributed by atoms with E-state index >= 15 is 0 Å². The maximum Gasteiger partial charge on any atom is 0.270 e. The van der Waals surface area contributed by atoms with Crippen molar-refractivity contribution in [2.75, 3.05) is 5.73 Å². The van der Waals surface area contributed by atoms with Gasteiger partial charge in [0, 0.05) is 5.39 Å². The lowest BCUT2D eigenvalue weighted by Gasteiger charge is -2.06. The average Bonchev–Trinajstić information content (AvgIpc) is 3.25. The Hall–Kier alpha value is -3.30. The van der Waals surface area contributed by atoms with Crippen LogP contribution in [0, 0.1) is 3.95 Å². The van der Waals surface area contributed by atoms with Crippen molar-refractivity contribution in [3.63, 3.8) is 0 Å². The predicted octanol–water partition coefficient (Wildman–Crippen LogP) is 3.46. The van der Waals surface area contributed by atoms with E-state index in [1.165, 1.54) is 11.3 Å². The molecule has 0 atom stereocenters. The number of nitrogens with zero attached hydrogens (tertiary/aromatic N) is 4. The van der Waals surface area contributed by atoms with Crippen LogP contribution in [0.25, 0.3) is 27.1 Å². The molecular weight excluding hydrogens is 392 g/mol. The van der Waals surface area contributed by atoms with Gasteiger partial charge in [0.05, 0.1) is 11.9 Å². The number of H-pyrrole nitrogens is 1. The quantitative estimate of drug-likeness (QED) is 0.448. The SMILES string of the molecule is Nc1c(-c2nnc3c4ccccc4c(=O)[nH]n23)sc(=S)n1Cc1ccccc1. The number of nitrogen functional groups attached to an aromatic ring is 1. The maximum atomic E-state index is 12.5. The molecule has 5 rings (SSSR count). The molecule has 0 aliphatic heterocycles. The zero-order valence-electron chi connectivity index (χ0n) is 14.5. The first-order chi connectivity index (χ1) is 13.6. The molecule has 0 unspecified atom stereocenters. The molecule has 3 N–H and O–H groups in total. The van der Waals surface area contributed by atoms with E-state index in [4.69, 9.17) is 18.0 Å². The van der Waals surface area contributed by atoms with Gasteiger partial charge in [0.1, 0.15) is 10.7 Å². The molecule has 0 saturated heterocycles. The number of thiazole rings is 1. The molecule has 0 aliphatic carbocycles. The number of hydrogen-bond acceptors (Lipinski definition) is 6. The molecule has 0 amide bonds. The number of hydrogen-bond donors (Lipinski definition) is 2. The smallest absolute Gasteiger partial charge is 0.270 e. The first-order valence-electron chi connectivity index (χ1n) is 8.53. The highest BCUT2D eigenvalue weighted by Gasteiger charge is 2.19. The molecule has 0 saturated carbocycles. The van der Waals surface area contributed by atoms with E-state index in [-0.39, 0.29) is 5.56 Å². The molecule has 7 nitrogen and oxygen atoms in total. The predicted molar refractivity (Wildman–Crippen MR) is 113 cm³/mol. The van der Waals surface area contributed by atoms with Crippen LogP contribution < -0.4 is 11.3 Å². The summed E-state index contributed by atoms with van der Waals surface area (Å²) in [5.41, 5.74) is 7.87. The Balaban J connectivity index is 1.70. The third-order valence-corrected chi connectivity index (χ3v) is 6.07. The lowest BCUT2D eigenvalue weighted by atomic mass is 10.2. The number of aromatic nitrogens is 5. The highest BCUT2D eigenvalue weighted by Crippen LogP contribution is 2.33. The van der Waals surface area contributed by atoms with E-state index in [2.05, 4.69) is 15.3 Å². The van der Waals surface area contributed by atoms with E-state index in [0.29, 0.717) is 38.1 Å². The molecule has 28 heavy (non-hydrogen) atoms. The largest absolute Gasteiger partial charge is 0.384 e. The van der Waals surface area contributed by atoms with Gasteiger partial charge >= 0.3 is 0 Å². The van der Waals surface area contributed by atoms with E-state index in [0.717, 1.165) is 10.9 Å². The number of nitrogens with one attached hydrogen (secondary N) is 1. The molecule has 0 radical (unpaired) electrons. The number of fused-ring (bicyclic) bond motifs is 3. The molecule has 5 aromatic rings. The van der Waals surface area contributed by atoms with E-state index in [1.807, 2.05) is 53.1 Å². The van der Waals surface area contributed by atoms with E-state index in [1.54, 1.807) is 10.6 Å². The van der Waals surface area contributed by atoms with Gasteiger partial charge in [0.2, 0.25) is 0 Å². The van der Waals surface area contributed by atoms with Gasteiger partial charge in [-0.3, -0.25) is 9.89 Å². The minimum Gasteiger partial charge on any atom is -0.384 e. The van der Waals surface area contributed by atoms with Crippen LogP contribution >= 0.6 is 23.6 Å². The molecule has 0 fully saturated rings. The van der Waals surface area contributed by atoms with Crippen molar-refractivity contribution >= 4 is 45.8 Å². The number of anilines is 1. The first-order valence-corrected chi connectivity index (χ1v) is 9.75. The first kappa shape index (κ1) is 16.8. The van der Waals surface area contributed by atoms with Crippen LogP contribution in [0.15, 0.2) is 59.4 Å². The summed E-state index contributed by atoms with van der Waals surface area (Å²) in [6, 6.07) is 17.3. The summed E-state index contributed by atoms with van der Waals surface area (Å²) < 4.78 is 4.08. The number of nitrogens with two attached hydrogens (primary N) is 1. The van der Waals surface area contributed by atoms with Crippen LogP contribution in [0.5, 0.6) is 0 Å².